The van der Waals surface area contributed by atoms with Crippen molar-refractivity contribution >= 4 is 22.4 Å². The van der Waals surface area contributed by atoms with Gasteiger partial charge in [0.05, 0.1) is 11.8 Å². The van der Waals surface area contributed by atoms with Crippen molar-refractivity contribution in [3.8, 4) is 17.0 Å². The van der Waals surface area contributed by atoms with Gasteiger partial charge < -0.3 is 20.4 Å². The zero-order valence-electron chi connectivity index (χ0n) is 16.2. The number of aromatic nitrogens is 1. The number of β-amino-alcohol motifs (C(OH)–C–C–N with tert-alkyl or cyclic N) is 1. The molecule has 1 aliphatic heterocycles. The number of phenolic OH excluding ortho intramolecular Hbond substituents is 1. The van der Waals surface area contributed by atoms with Crippen LogP contribution in [-0.4, -0.2) is 46.3 Å². The number of amides is 1. The lowest BCUT2D eigenvalue weighted by molar-refractivity contribution is -0.122. The number of rotatable bonds is 6. The molecule has 3 N–H and O–H groups in total. The van der Waals surface area contributed by atoms with Crippen LogP contribution in [0.15, 0.2) is 53.9 Å². The molecule has 0 spiro atoms. The van der Waals surface area contributed by atoms with Crippen molar-refractivity contribution in [1.82, 2.24) is 10.3 Å². The Morgan fingerprint density at radius 1 is 1.27 bits per heavy atom. The number of aliphatic hydroxyl groups excluding tert-OH is 1. The SMILES string of the molecule is O=C(NCCc1cccc(F)c1)[C@@H]1CC(O)CN1c1nc(-c2ccc(O)cc2)cs1. The number of aromatic hydroxyl groups is 1. The highest BCUT2D eigenvalue weighted by Gasteiger charge is 2.37. The van der Waals surface area contributed by atoms with Crippen LogP contribution in [0.1, 0.15) is 12.0 Å². The molecule has 1 saturated heterocycles. The molecule has 0 bridgehead atoms. The zero-order chi connectivity index (χ0) is 21.1. The lowest BCUT2D eigenvalue weighted by Crippen LogP contribution is -2.44. The van der Waals surface area contributed by atoms with Crippen molar-refractivity contribution in [2.75, 3.05) is 18.0 Å². The number of carbonyl (C=O) groups excluding carboxylic acids is 1. The summed E-state index contributed by atoms with van der Waals surface area (Å²) >= 11 is 1.41. The second kappa shape index (κ2) is 8.81. The van der Waals surface area contributed by atoms with E-state index in [1.54, 1.807) is 30.3 Å². The maximum atomic E-state index is 13.3. The van der Waals surface area contributed by atoms with Gasteiger partial charge in [0.15, 0.2) is 5.13 Å². The third kappa shape index (κ3) is 4.60. The molecule has 2 aromatic carbocycles. The summed E-state index contributed by atoms with van der Waals surface area (Å²) in [6.45, 7) is 0.726. The molecule has 2 heterocycles. The van der Waals surface area contributed by atoms with Gasteiger partial charge in [-0.25, -0.2) is 9.37 Å². The van der Waals surface area contributed by atoms with E-state index in [0.717, 1.165) is 16.8 Å². The van der Waals surface area contributed by atoms with Crippen LogP contribution in [0.2, 0.25) is 0 Å². The van der Waals surface area contributed by atoms with Gasteiger partial charge in [-0.15, -0.1) is 11.3 Å². The Labute approximate surface area is 177 Å². The topological polar surface area (TPSA) is 85.7 Å². The van der Waals surface area contributed by atoms with Gasteiger partial charge in [0.2, 0.25) is 5.91 Å². The van der Waals surface area contributed by atoms with E-state index in [2.05, 4.69) is 10.3 Å². The molecule has 1 aromatic heterocycles. The molecule has 1 fully saturated rings. The van der Waals surface area contributed by atoms with Crippen molar-refractivity contribution in [2.45, 2.75) is 25.0 Å². The molecule has 0 radical (unpaired) electrons. The minimum atomic E-state index is -0.606. The quantitative estimate of drug-likeness (QED) is 0.563. The third-order valence-corrected chi connectivity index (χ3v) is 5.96. The Kier molecular flexibility index (Phi) is 5.96. The molecule has 1 amide bonds. The van der Waals surface area contributed by atoms with Crippen molar-refractivity contribution in [1.29, 1.82) is 0 Å². The summed E-state index contributed by atoms with van der Waals surface area (Å²) in [7, 11) is 0. The lowest BCUT2D eigenvalue weighted by atomic mass is 10.1. The number of nitrogens with one attached hydrogen (secondary N) is 1. The maximum Gasteiger partial charge on any atom is 0.242 e. The summed E-state index contributed by atoms with van der Waals surface area (Å²) in [5.74, 6) is -0.284. The molecule has 0 saturated carbocycles. The number of thiazole rings is 1. The Hall–Kier alpha value is -2.97. The number of aliphatic hydroxyl groups is 1. The smallest absolute Gasteiger partial charge is 0.242 e. The zero-order valence-corrected chi connectivity index (χ0v) is 17.0. The van der Waals surface area contributed by atoms with Gasteiger partial charge >= 0.3 is 0 Å². The van der Waals surface area contributed by atoms with E-state index in [0.29, 0.717) is 31.1 Å². The van der Waals surface area contributed by atoms with Crippen LogP contribution in [-0.2, 0) is 11.2 Å². The summed E-state index contributed by atoms with van der Waals surface area (Å²) in [6.07, 6.45) is 0.256. The molecule has 3 aromatic rings. The van der Waals surface area contributed by atoms with Gasteiger partial charge in [-0.3, -0.25) is 4.79 Å². The van der Waals surface area contributed by atoms with E-state index in [9.17, 15) is 19.4 Å². The predicted octanol–water partition coefficient (Wildman–Crippen LogP) is 2.95. The molecule has 6 nitrogen and oxygen atoms in total. The van der Waals surface area contributed by atoms with Gasteiger partial charge in [0, 0.05) is 30.5 Å². The summed E-state index contributed by atoms with van der Waals surface area (Å²) in [4.78, 5) is 19.2. The third-order valence-electron chi connectivity index (χ3n) is 5.08. The second-order valence-corrected chi connectivity index (χ2v) is 8.13. The Morgan fingerprint density at radius 3 is 2.83 bits per heavy atom. The number of anilines is 1. The number of hydrogen-bond donors (Lipinski definition) is 3. The number of nitrogens with zero attached hydrogens (tertiary/aromatic N) is 2. The van der Waals surface area contributed by atoms with Gasteiger partial charge in [-0.05, 0) is 48.4 Å². The van der Waals surface area contributed by atoms with Gasteiger partial charge in [-0.2, -0.15) is 0 Å². The van der Waals surface area contributed by atoms with Gasteiger partial charge in [0.1, 0.15) is 17.6 Å². The average Bonchev–Trinajstić information content (AvgIpc) is 3.35. The molecular formula is C22H22FN3O3S. The molecule has 8 heteroatoms. The van der Waals surface area contributed by atoms with Crippen LogP contribution < -0.4 is 10.2 Å². The van der Waals surface area contributed by atoms with Crippen molar-refractivity contribution in [3.05, 3.63) is 65.3 Å². The van der Waals surface area contributed by atoms with E-state index >= 15 is 0 Å². The highest BCUT2D eigenvalue weighted by molar-refractivity contribution is 7.14. The van der Waals surface area contributed by atoms with Gasteiger partial charge in [0.25, 0.3) is 0 Å². The summed E-state index contributed by atoms with van der Waals surface area (Å²) in [5.41, 5.74) is 2.44. The predicted molar refractivity (Wildman–Crippen MR) is 114 cm³/mol. The minimum absolute atomic E-state index is 0.177. The Bertz CT molecular complexity index is 1020. The number of halogens is 1. The Balaban J connectivity index is 1.41. The number of phenols is 1. The van der Waals surface area contributed by atoms with Gasteiger partial charge in [-0.1, -0.05) is 12.1 Å². The molecule has 156 valence electrons. The lowest BCUT2D eigenvalue weighted by Gasteiger charge is -2.22. The van der Waals surface area contributed by atoms with E-state index in [1.807, 2.05) is 16.3 Å². The van der Waals surface area contributed by atoms with Crippen molar-refractivity contribution < 1.29 is 19.4 Å². The van der Waals surface area contributed by atoms with Crippen LogP contribution in [0.3, 0.4) is 0 Å². The maximum absolute atomic E-state index is 13.3. The first kappa shape index (κ1) is 20.3. The number of hydrogen-bond acceptors (Lipinski definition) is 6. The molecule has 4 rings (SSSR count). The first-order valence-electron chi connectivity index (χ1n) is 9.71. The number of carbonyl (C=O) groups is 1. The molecule has 30 heavy (non-hydrogen) atoms. The summed E-state index contributed by atoms with van der Waals surface area (Å²) in [6, 6.07) is 12.6. The van der Waals surface area contributed by atoms with Crippen LogP contribution >= 0.6 is 11.3 Å². The van der Waals surface area contributed by atoms with E-state index < -0.39 is 12.1 Å². The first-order chi connectivity index (χ1) is 14.5. The fourth-order valence-corrected chi connectivity index (χ4v) is 4.47. The molecule has 2 atom stereocenters. The number of benzene rings is 2. The highest BCUT2D eigenvalue weighted by atomic mass is 32.1. The molecule has 1 aliphatic rings. The van der Waals surface area contributed by atoms with Crippen LogP contribution in [0, 0.1) is 5.82 Å². The van der Waals surface area contributed by atoms with E-state index in [4.69, 9.17) is 0 Å². The standard InChI is InChI=1S/C22H22FN3O3S/c23-16-3-1-2-14(10-16)8-9-24-21(29)20-11-18(28)12-26(20)22-25-19(13-30-22)15-4-6-17(27)7-5-15/h1-7,10,13,18,20,27-28H,8-9,11-12H2,(H,24,29)/t18?,20-/m0/s1. The highest BCUT2D eigenvalue weighted by Crippen LogP contribution is 2.32. The van der Waals surface area contributed by atoms with E-state index in [-0.39, 0.29) is 17.5 Å². The summed E-state index contributed by atoms with van der Waals surface area (Å²) in [5, 5.41) is 25.1. The first-order valence-corrected chi connectivity index (χ1v) is 10.6. The molecule has 0 aliphatic carbocycles. The summed E-state index contributed by atoms with van der Waals surface area (Å²) < 4.78 is 13.3. The van der Waals surface area contributed by atoms with E-state index in [1.165, 1.54) is 23.5 Å². The monoisotopic (exact) mass is 427 g/mol. The molecule has 1 unspecified atom stereocenters. The molecular weight excluding hydrogens is 405 g/mol. The minimum Gasteiger partial charge on any atom is -0.508 e. The largest absolute Gasteiger partial charge is 0.508 e. The normalized spacial score (nSPS) is 18.5. The van der Waals surface area contributed by atoms with Crippen molar-refractivity contribution in [3.63, 3.8) is 0 Å². The fraction of sp³-hybridized carbons (Fsp3) is 0.273. The van der Waals surface area contributed by atoms with Crippen LogP contribution in [0.5, 0.6) is 5.75 Å². The van der Waals surface area contributed by atoms with Crippen LogP contribution in [0.4, 0.5) is 9.52 Å². The average molecular weight is 428 g/mol. The van der Waals surface area contributed by atoms with Crippen LogP contribution in [0.25, 0.3) is 11.3 Å². The fourth-order valence-electron chi connectivity index (χ4n) is 3.58. The second-order valence-electron chi connectivity index (χ2n) is 7.29. The van der Waals surface area contributed by atoms with Crippen molar-refractivity contribution in [2.24, 2.45) is 0 Å². The Morgan fingerprint density at radius 2 is 2.07 bits per heavy atom.